The van der Waals surface area contributed by atoms with Crippen LogP contribution in [0.4, 0.5) is 0 Å². The fraction of sp³-hybridized carbons (Fsp3) is 0.714. The number of aliphatic hydroxyl groups is 3. The highest BCUT2D eigenvalue weighted by Crippen LogP contribution is 2.17. The van der Waals surface area contributed by atoms with Gasteiger partial charge >= 0.3 is 0 Å². The normalized spacial score (nSPS) is 40.1. The van der Waals surface area contributed by atoms with E-state index in [1.54, 1.807) is 12.2 Å². The second kappa shape index (κ2) is 3.14. The molecule has 0 amide bonds. The first-order valence-corrected chi connectivity index (χ1v) is 3.39. The highest BCUT2D eigenvalue weighted by molar-refractivity contribution is 5.01. The third-order valence-electron chi connectivity index (χ3n) is 1.77. The van der Waals surface area contributed by atoms with Crippen LogP contribution in [-0.4, -0.2) is 34.1 Å². The maximum absolute atomic E-state index is 9.17. The van der Waals surface area contributed by atoms with E-state index in [9.17, 15) is 0 Å². The minimum absolute atomic E-state index is 0.0512. The number of rotatable bonds is 1. The molecule has 0 aromatic rings. The van der Waals surface area contributed by atoms with Gasteiger partial charge in [-0.15, -0.1) is 0 Å². The van der Waals surface area contributed by atoms with Gasteiger partial charge in [-0.25, -0.2) is 0 Å². The van der Waals surface area contributed by atoms with E-state index < -0.39 is 12.2 Å². The molecule has 0 spiro atoms. The summed E-state index contributed by atoms with van der Waals surface area (Å²) in [6, 6.07) is 0. The molecule has 0 aliphatic heterocycles. The van der Waals surface area contributed by atoms with Crippen LogP contribution in [0.15, 0.2) is 12.2 Å². The van der Waals surface area contributed by atoms with Gasteiger partial charge in [0.2, 0.25) is 0 Å². The van der Waals surface area contributed by atoms with Crippen molar-refractivity contribution in [3.8, 4) is 0 Å². The van der Waals surface area contributed by atoms with E-state index in [0.717, 1.165) is 0 Å². The molecule has 3 atom stereocenters. The lowest BCUT2D eigenvalue weighted by molar-refractivity contribution is 0.0426. The zero-order valence-corrected chi connectivity index (χ0v) is 5.64. The molecule has 3 N–H and O–H groups in total. The minimum Gasteiger partial charge on any atom is -0.396 e. The van der Waals surface area contributed by atoms with Crippen molar-refractivity contribution in [2.75, 3.05) is 6.61 Å². The lowest BCUT2D eigenvalue weighted by atomic mass is 9.92. The molecule has 1 aliphatic carbocycles. The molecule has 0 saturated heterocycles. The summed E-state index contributed by atoms with van der Waals surface area (Å²) in [5.41, 5.74) is 0. The summed E-state index contributed by atoms with van der Waals surface area (Å²) >= 11 is 0. The number of hydrogen-bond donors (Lipinski definition) is 3. The molecule has 0 aromatic heterocycles. The molecule has 3 nitrogen and oxygen atoms in total. The van der Waals surface area contributed by atoms with Crippen molar-refractivity contribution in [3.05, 3.63) is 12.2 Å². The quantitative estimate of drug-likeness (QED) is 0.425. The number of aliphatic hydroxyl groups excluding tert-OH is 3. The van der Waals surface area contributed by atoms with Crippen LogP contribution < -0.4 is 0 Å². The maximum Gasteiger partial charge on any atom is 0.0745 e. The zero-order chi connectivity index (χ0) is 7.56. The average Bonchev–Trinajstić information content (AvgIpc) is 1.88. The fourth-order valence-corrected chi connectivity index (χ4v) is 1.08. The Hall–Kier alpha value is -0.380. The molecular formula is C7H12O3. The average molecular weight is 144 g/mol. The first-order chi connectivity index (χ1) is 4.74. The lowest BCUT2D eigenvalue weighted by Crippen LogP contribution is -2.29. The maximum atomic E-state index is 9.17. The monoisotopic (exact) mass is 144 g/mol. The predicted octanol–water partition coefficient (Wildman–Crippen LogP) is -0.723. The van der Waals surface area contributed by atoms with E-state index in [2.05, 4.69) is 0 Å². The summed E-state index contributed by atoms with van der Waals surface area (Å²) in [5, 5.41) is 26.8. The topological polar surface area (TPSA) is 60.7 Å². The summed E-state index contributed by atoms with van der Waals surface area (Å²) in [6.07, 6.45) is 2.46. The van der Waals surface area contributed by atoms with Crippen molar-refractivity contribution < 1.29 is 15.3 Å². The molecule has 0 radical (unpaired) electrons. The second-order valence-electron chi connectivity index (χ2n) is 2.60. The molecule has 0 heterocycles. The number of hydrogen-bond acceptors (Lipinski definition) is 3. The summed E-state index contributed by atoms with van der Waals surface area (Å²) in [7, 11) is 0. The Balaban J connectivity index is 2.53. The van der Waals surface area contributed by atoms with Crippen molar-refractivity contribution in [2.45, 2.75) is 18.6 Å². The van der Waals surface area contributed by atoms with Gasteiger partial charge in [-0.1, -0.05) is 12.2 Å². The Morgan fingerprint density at radius 2 is 2.00 bits per heavy atom. The molecule has 1 aliphatic rings. The van der Waals surface area contributed by atoms with Crippen molar-refractivity contribution in [2.24, 2.45) is 5.92 Å². The molecular weight excluding hydrogens is 132 g/mol. The summed E-state index contributed by atoms with van der Waals surface area (Å²) in [4.78, 5) is 0. The third-order valence-corrected chi connectivity index (χ3v) is 1.77. The second-order valence-corrected chi connectivity index (χ2v) is 2.60. The first-order valence-electron chi connectivity index (χ1n) is 3.39. The van der Waals surface area contributed by atoms with Gasteiger partial charge < -0.3 is 15.3 Å². The smallest absolute Gasteiger partial charge is 0.0745 e. The van der Waals surface area contributed by atoms with Crippen molar-refractivity contribution in [1.29, 1.82) is 0 Å². The summed E-state index contributed by atoms with van der Waals surface area (Å²) < 4.78 is 0. The molecule has 0 bridgehead atoms. The Kier molecular flexibility index (Phi) is 2.43. The molecule has 0 aromatic carbocycles. The molecule has 58 valence electrons. The first kappa shape index (κ1) is 7.72. The molecule has 10 heavy (non-hydrogen) atoms. The standard InChI is InChI=1S/C7H12O3/c8-4-5-1-2-6(9)3-7(5)10/h1-2,5-10H,3-4H2/t5-,6?,7-/m0/s1. The van der Waals surface area contributed by atoms with E-state index in [-0.39, 0.29) is 12.5 Å². The SMILES string of the molecule is OC[C@@H]1C=CC(O)C[C@@H]1O. The Morgan fingerprint density at radius 3 is 2.50 bits per heavy atom. The van der Waals surface area contributed by atoms with Gasteiger partial charge in [0.15, 0.2) is 0 Å². The summed E-state index contributed by atoms with van der Waals surface area (Å²) in [6.45, 7) is -0.0512. The molecule has 1 rings (SSSR count). The van der Waals surface area contributed by atoms with Gasteiger partial charge in [-0.2, -0.15) is 0 Å². The predicted molar refractivity (Wildman–Crippen MR) is 36.3 cm³/mol. The molecule has 0 fully saturated rings. The van der Waals surface area contributed by atoms with Crippen LogP contribution in [0, 0.1) is 5.92 Å². The highest BCUT2D eigenvalue weighted by Gasteiger charge is 2.22. The molecule has 1 unspecified atom stereocenters. The van der Waals surface area contributed by atoms with Gasteiger partial charge in [0.1, 0.15) is 0 Å². The van der Waals surface area contributed by atoms with Gasteiger partial charge in [0.25, 0.3) is 0 Å². The Morgan fingerprint density at radius 1 is 1.30 bits per heavy atom. The Labute approximate surface area is 59.6 Å². The zero-order valence-electron chi connectivity index (χ0n) is 5.64. The molecule has 3 heteroatoms. The van der Waals surface area contributed by atoms with Gasteiger partial charge in [0.05, 0.1) is 18.8 Å². The fourth-order valence-electron chi connectivity index (χ4n) is 1.08. The van der Waals surface area contributed by atoms with Crippen LogP contribution in [0.2, 0.25) is 0 Å². The van der Waals surface area contributed by atoms with Crippen molar-refractivity contribution in [3.63, 3.8) is 0 Å². The minimum atomic E-state index is -0.593. The third kappa shape index (κ3) is 1.56. The van der Waals surface area contributed by atoms with Gasteiger partial charge in [0, 0.05) is 12.3 Å². The van der Waals surface area contributed by atoms with E-state index >= 15 is 0 Å². The van der Waals surface area contributed by atoms with Crippen LogP contribution in [0.25, 0.3) is 0 Å². The van der Waals surface area contributed by atoms with Gasteiger partial charge in [-0.05, 0) is 0 Å². The van der Waals surface area contributed by atoms with Crippen LogP contribution in [0.1, 0.15) is 6.42 Å². The van der Waals surface area contributed by atoms with Crippen LogP contribution in [0.5, 0.6) is 0 Å². The van der Waals surface area contributed by atoms with Crippen LogP contribution in [0.3, 0.4) is 0 Å². The summed E-state index contributed by atoms with van der Waals surface area (Å²) in [5.74, 6) is -0.191. The molecule has 0 saturated carbocycles. The van der Waals surface area contributed by atoms with Crippen LogP contribution >= 0.6 is 0 Å². The van der Waals surface area contributed by atoms with E-state index in [1.807, 2.05) is 0 Å². The largest absolute Gasteiger partial charge is 0.396 e. The lowest BCUT2D eigenvalue weighted by Gasteiger charge is -2.23. The van der Waals surface area contributed by atoms with Gasteiger partial charge in [-0.3, -0.25) is 0 Å². The van der Waals surface area contributed by atoms with E-state index in [1.165, 1.54) is 0 Å². The van der Waals surface area contributed by atoms with E-state index in [0.29, 0.717) is 6.42 Å². The van der Waals surface area contributed by atoms with Crippen molar-refractivity contribution >= 4 is 0 Å². The van der Waals surface area contributed by atoms with Crippen LogP contribution in [-0.2, 0) is 0 Å². The van der Waals surface area contributed by atoms with Crippen molar-refractivity contribution in [1.82, 2.24) is 0 Å². The Bertz CT molecular complexity index is 133. The highest BCUT2D eigenvalue weighted by atomic mass is 16.3. The van der Waals surface area contributed by atoms with E-state index in [4.69, 9.17) is 15.3 Å².